The van der Waals surface area contributed by atoms with E-state index in [9.17, 15) is 13.6 Å². The molecule has 2 atom stereocenters. The van der Waals surface area contributed by atoms with E-state index in [1.165, 1.54) is 5.56 Å². The average molecular weight is 485 g/mol. The number of fused-ring (bicyclic) bond motifs is 1. The number of alkyl halides is 2. The maximum Gasteiger partial charge on any atom is 0.251 e. The van der Waals surface area contributed by atoms with Crippen LogP contribution in [0.2, 0.25) is 0 Å². The molecule has 35 heavy (non-hydrogen) atoms. The van der Waals surface area contributed by atoms with Gasteiger partial charge in [0.15, 0.2) is 0 Å². The number of aromatic nitrogens is 4. The first-order chi connectivity index (χ1) is 16.5. The fraction of sp³-hybridized carbons (Fsp3) is 0.538. The van der Waals surface area contributed by atoms with Crippen molar-refractivity contribution in [3.8, 4) is 0 Å². The fourth-order valence-corrected chi connectivity index (χ4v) is 5.05. The van der Waals surface area contributed by atoms with Crippen LogP contribution in [0.15, 0.2) is 30.7 Å². The van der Waals surface area contributed by atoms with Crippen molar-refractivity contribution in [1.82, 2.24) is 30.4 Å². The molecule has 3 aromatic rings. The normalized spacial score (nSPS) is 16.9. The van der Waals surface area contributed by atoms with E-state index in [1.54, 1.807) is 19.3 Å². The van der Waals surface area contributed by atoms with E-state index >= 15 is 0 Å². The van der Waals surface area contributed by atoms with Crippen LogP contribution < -0.4 is 5.32 Å². The minimum Gasteiger partial charge on any atom is -0.355 e. The summed E-state index contributed by atoms with van der Waals surface area (Å²) in [6.45, 7) is 5.20. The summed E-state index contributed by atoms with van der Waals surface area (Å²) in [7, 11) is 3.96. The molecule has 2 N–H and O–H groups in total. The molecule has 1 aliphatic carbocycles. The number of aryl methyl sites for hydroxylation is 2. The SMILES string of the molecule is Cc1ncc([C@@H](CC(=O)NC[C@H](Cc2ccc3[nH]ncc3c2C)N(C)C)C2(C(C)(F)F)CC2)cn1. The maximum atomic E-state index is 14.6. The molecule has 1 saturated carbocycles. The number of hydrogen-bond acceptors (Lipinski definition) is 5. The molecule has 4 rings (SSSR count). The predicted octanol–water partition coefficient (Wildman–Crippen LogP) is 4.17. The van der Waals surface area contributed by atoms with Gasteiger partial charge in [-0.25, -0.2) is 18.7 Å². The van der Waals surface area contributed by atoms with Gasteiger partial charge in [0.2, 0.25) is 5.91 Å². The van der Waals surface area contributed by atoms with Crippen molar-refractivity contribution in [3.05, 3.63) is 53.2 Å². The second kappa shape index (κ2) is 9.60. The van der Waals surface area contributed by atoms with E-state index in [1.807, 2.05) is 26.4 Å². The standard InChI is InChI=1S/C26H34F2N6O/c1-16-18(6-7-23-21(16)15-32-33-23)10-20(34(4)5)14-31-24(35)11-22(19-12-29-17(2)30-13-19)26(8-9-26)25(3,27)28/h6-7,12-13,15,20,22H,8-11,14H2,1-5H3,(H,31,35)(H,32,33)/t20-,22+/m0/s1. The molecule has 0 aliphatic heterocycles. The van der Waals surface area contributed by atoms with Crippen LogP contribution >= 0.6 is 0 Å². The summed E-state index contributed by atoms with van der Waals surface area (Å²) < 4.78 is 29.3. The first-order valence-electron chi connectivity index (χ1n) is 12.0. The van der Waals surface area contributed by atoms with Crippen LogP contribution in [0.5, 0.6) is 0 Å². The van der Waals surface area contributed by atoms with Gasteiger partial charge in [0, 0.05) is 48.1 Å². The summed E-state index contributed by atoms with van der Waals surface area (Å²) in [6.07, 6.45) is 6.50. The predicted molar refractivity (Wildman–Crippen MR) is 131 cm³/mol. The molecule has 2 heterocycles. The monoisotopic (exact) mass is 484 g/mol. The highest BCUT2D eigenvalue weighted by Gasteiger charge is 2.63. The number of nitrogens with zero attached hydrogens (tertiary/aromatic N) is 4. The zero-order valence-electron chi connectivity index (χ0n) is 21.0. The largest absolute Gasteiger partial charge is 0.355 e. The molecule has 2 aromatic heterocycles. The van der Waals surface area contributed by atoms with E-state index in [4.69, 9.17) is 0 Å². The third kappa shape index (κ3) is 5.19. The van der Waals surface area contributed by atoms with Gasteiger partial charge >= 0.3 is 0 Å². The molecule has 188 valence electrons. The van der Waals surface area contributed by atoms with Crippen molar-refractivity contribution in [3.63, 3.8) is 0 Å². The molecule has 0 spiro atoms. The van der Waals surface area contributed by atoms with Crippen molar-refractivity contribution < 1.29 is 13.6 Å². The number of amides is 1. The highest BCUT2D eigenvalue weighted by molar-refractivity contribution is 5.82. The Morgan fingerprint density at radius 3 is 2.49 bits per heavy atom. The number of rotatable bonds is 10. The van der Waals surface area contributed by atoms with Gasteiger partial charge in [-0.2, -0.15) is 5.10 Å². The number of halogens is 2. The number of carbonyl (C=O) groups is 1. The zero-order valence-corrected chi connectivity index (χ0v) is 21.0. The van der Waals surface area contributed by atoms with Crippen LogP contribution in [0.4, 0.5) is 8.78 Å². The summed E-state index contributed by atoms with van der Waals surface area (Å²) >= 11 is 0. The van der Waals surface area contributed by atoms with Gasteiger partial charge in [-0.1, -0.05) is 6.07 Å². The van der Waals surface area contributed by atoms with E-state index in [0.717, 1.165) is 29.8 Å². The topological polar surface area (TPSA) is 86.8 Å². The molecule has 1 aromatic carbocycles. The zero-order chi connectivity index (χ0) is 25.4. The van der Waals surface area contributed by atoms with Crippen molar-refractivity contribution in [2.75, 3.05) is 20.6 Å². The maximum absolute atomic E-state index is 14.6. The van der Waals surface area contributed by atoms with Crippen LogP contribution in [-0.4, -0.2) is 63.6 Å². The van der Waals surface area contributed by atoms with Crippen molar-refractivity contribution in [1.29, 1.82) is 0 Å². The van der Waals surface area contributed by atoms with Gasteiger partial charge in [0.05, 0.1) is 11.7 Å². The van der Waals surface area contributed by atoms with Crippen LogP contribution in [0, 0.1) is 19.3 Å². The van der Waals surface area contributed by atoms with Gasteiger partial charge < -0.3 is 10.2 Å². The Hall–Kier alpha value is -2.94. The summed E-state index contributed by atoms with van der Waals surface area (Å²) in [6, 6.07) is 4.15. The Labute approximate surface area is 204 Å². The van der Waals surface area contributed by atoms with Crippen LogP contribution in [-0.2, 0) is 11.2 Å². The van der Waals surface area contributed by atoms with Crippen LogP contribution in [0.1, 0.15) is 54.6 Å². The number of carbonyl (C=O) groups excluding carboxylic acids is 1. The lowest BCUT2D eigenvalue weighted by Gasteiger charge is -2.32. The first kappa shape index (κ1) is 25.2. The van der Waals surface area contributed by atoms with Gasteiger partial charge in [-0.15, -0.1) is 0 Å². The fourth-order valence-electron chi connectivity index (χ4n) is 5.05. The minimum absolute atomic E-state index is 0.0179. The third-order valence-corrected chi connectivity index (χ3v) is 7.65. The number of nitrogens with one attached hydrogen (secondary N) is 2. The Bertz CT molecular complexity index is 1180. The van der Waals surface area contributed by atoms with Crippen LogP contribution in [0.3, 0.4) is 0 Å². The Morgan fingerprint density at radius 2 is 1.89 bits per heavy atom. The van der Waals surface area contributed by atoms with E-state index in [2.05, 4.69) is 43.4 Å². The lowest BCUT2D eigenvalue weighted by molar-refractivity contribution is -0.123. The molecule has 0 bridgehead atoms. The second-order valence-corrected chi connectivity index (χ2v) is 10.2. The lowest BCUT2D eigenvalue weighted by atomic mass is 9.78. The number of aromatic amines is 1. The van der Waals surface area contributed by atoms with Crippen LogP contribution in [0.25, 0.3) is 10.9 Å². The molecular weight excluding hydrogens is 450 g/mol. The van der Waals surface area contributed by atoms with Gasteiger partial charge in [0.25, 0.3) is 5.92 Å². The number of hydrogen-bond donors (Lipinski definition) is 2. The highest BCUT2D eigenvalue weighted by Crippen LogP contribution is 2.65. The molecule has 0 radical (unpaired) electrons. The van der Waals surface area contributed by atoms with Crippen molar-refractivity contribution >= 4 is 16.8 Å². The summed E-state index contributed by atoms with van der Waals surface area (Å²) in [5.41, 5.74) is 2.71. The Morgan fingerprint density at radius 1 is 1.20 bits per heavy atom. The quantitative estimate of drug-likeness (QED) is 0.451. The van der Waals surface area contributed by atoms with E-state index in [-0.39, 0.29) is 18.4 Å². The van der Waals surface area contributed by atoms with E-state index < -0.39 is 17.3 Å². The van der Waals surface area contributed by atoms with Crippen molar-refractivity contribution in [2.45, 2.75) is 64.3 Å². The smallest absolute Gasteiger partial charge is 0.251 e. The minimum atomic E-state index is -2.89. The molecule has 9 heteroatoms. The Balaban J connectivity index is 1.46. The Kier molecular flexibility index (Phi) is 6.90. The summed E-state index contributed by atoms with van der Waals surface area (Å²) in [4.78, 5) is 23.5. The lowest BCUT2D eigenvalue weighted by Crippen LogP contribution is -2.43. The molecule has 0 saturated heterocycles. The molecular formula is C26H34F2N6O. The first-order valence-corrected chi connectivity index (χ1v) is 12.0. The second-order valence-electron chi connectivity index (χ2n) is 10.2. The molecule has 0 unspecified atom stereocenters. The number of likely N-dealkylation sites (N-methyl/N-ethyl adjacent to an activating group) is 1. The molecule has 1 aliphatic rings. The molecule has 7 nitrogen and oxygen atoms in total. The molecule has 1 amide bonds. The summed E-state index contributed by atoms with van der Waals surface area (Å²) in [5.74, 6) is -3.19. The van der Waals surface area contributed by atoms with Gasteiger partial charge in [0.1, 0.15) is 5.82 Å². The number of benzene rings is 1. The average Bonchev–Trinajstić information content (AvgIpc) is 3.48. The highest BCUT2D eigenvalue weighted by atomic mass is 19.3. The summed E-state index contributed by atoms with van der Waals surface area (Å²) in [5, 5.41) is 11.2. The molecule has 1 fully saturated rings. The van der Waals surface area contributed by atoms with E-state index in [0.29, 0.717) is 30.8 Å². The van der Waals surface area contributed by atoms with Crippen molar-refractivity contribution in [2.24, 2.45) is 5.41 Å². The van der Waals surface area contributed by atoms with Gasteiger partial charge in [-0.3, -0.25) is 9.89 Å². The third-order valence-electron chi connectivity index (χ3n) is 7.65. The number of H-pyrrole nitrogens is 1. The van der Waals surface area contributed by atoms with Gasteiger partial charge in [-0.05, 0) is 76.9 Å².